The van der Waals surface area contributed by atoms with Crippen LogP contribution in [0.3, 0.4) is 0 Å². The van der Waals surface area contributed by atoms with E-state index < -0.39 is 0 Å². The first-order valence-corrected chi connectivity index (χ1v) is 7.65. The van der Waals surface area contributed by atoms with Crippen LogP contribution in [-0.2, 0) is 0 Å². The highest BCUT2D eigenvalue weighted by Gasteiger charge is 2.12. The van der Waals surface area contributed by atoms with E-state index in [1.165, 1.54) is 31.5 Å². The quantitative estimate of drug-likeness (QED) is 0.730. The normalized spacial score (nSPS) is 14.6. The minimum Gasteiger partial charge on any atom is -0.313 e. The largest absolute Gasteiger partial charge is 0.313 e. The van der Waals surface area contributed by atoms with E-state index >= 15 is 0 Å². The van der Waals surface area contributed by atoms with Gasteiger partial charge >= 0.3 is 0 Å². The van der Waals surface area contributed by atoms with E-state index in [4.69, 9.17) is 0 Å². The van der Waals surface area contributed by atoms with Crippen molar-refractivity contribution in [1.29, 1.82) is 0 Å². The Hall–Kier alpha value is -0.860. The molecule has 1 N–H and O–H groups in total. The van der Waals surface area contributed by atoms with Gasteiger partial charge in [-0.1, -0.05) is 57.5 Å². The summed E-state index contributed by atoms with van der Waals surface area (Å²) < 4.78 is 0. The summed E-state index contributed by atoms with van der Waals surface area (Å²) in [5, 5.41) is 3.44. The fraction of sp³-hybridized carbons (Fsp3) is 0.647. The van der Waals surface area contributed by atoms with E-state index in [2.05, 4.69) is 68.4 Å². The molecule has 2 atom stereocenters. The van der Waals surface area contributed by atoms with Crippen molar-refractivity contribution in [2.45, 2.75) is 39.7 Å². The standard InChI is InChI=1S/C17H30N2/c1-5-15(3)14-19(6-2)13-12-17(18-4)16-10-8-7-9-11-16/h7-11,15,17-18H,5-6,12-14H2,1-4H3. The predicted molar refractivity (Wildman–Crippen MR) is 84.4 cm³/mol. The number of hydrogen-bond acceptors (Lipinski definition) is 2. The summed E-state index contributed by atoms with van der Waals surface area (Å²) >= 11 is 0. The average molecular weight is 262 g/mol. The number of rotatable bonds is 9. The van der Waals surface area contributed by atoms with E-state index in [0.29, 0.717) is 6.04 Å². The third kappa shape index (κ3) is 5.75. The Morgan fingerprint density at radius 1 is 1.16 bits per heavy atom. The molecule has 0 amide bonds. The molecule has 0 fully saturated rings. The maximum absolute atomic E-state index is 3.44. The highest BCUT2D eigenvalue weighted by molar-refractivity contribution is 5.18. The van der Waals surface area contributed by atoms with Crippen molar-refractivity contribution in [3.8, 4) is 0 Å². The van der Waals surface area contributed by atoms with Gasteiger partial charge in [0.15, 0.2) is 0 Å². The van der Waals surface area contributed by atoms with Crippen molar-refractivity contribution in [3.63, 3.8) is 0 Å². The minimum absolute atomic E-state index is 0.465. The maximum atomic E-state index is 3.44. The Labute approximate surface area is 119 Å². The number of nitrogens with one attached hydrogen (secondary N) is 1. The van der Waals surface area contributed by atoms with Gasteiger partial charge in [-0.15, -0.1) is 0 Å². The molecule has 1 aromatic rings. The topological polar surface area (TPSA) is 15.3 Å². The molecule has 2 heteroatoms. The molecule has 2 nitrogen and oxygen atoms in total. The van der Waals surface area contributed by atoms with Crippen molar-refractivity contribution in [3.05, 3.63) is 35.9 Å². The van der Waals surface area contributed by atoms with Crippen LogP contribution in [0, 0.1) is 5.92 Å². The average Bonchev–Trinajstić information content (AvgIpc) is 2.47. The van der Waals surface area contributed by atoms with E-state index in [1.807, 2.05) is 0 Å². The number of hydrogen-bond donors (Lipinski definition) is 1. The van der Waals surface area contributed by atoms with Crippen molar-refractivity contribution in [2.75, 3.05) is 26.7 Å². The Morgan fingerprint density at radius 2 is 1.84 bits per heavy atom. The molecule has 1 aromatic carbocycles. The first kappa shape index (κ1) is 16.2. The third-order valence-electron chi connectivity index (χ3n) is 4.00. The third-order valence-corrected chi connectivity index (χ3v) is 4.00. The molecular weight excluding hydrogens is 232 g/mol. The van der Waals surface area contributed by atoms with Crippen molar-refractivity contribution in [1.82, 2.24) is 10.2 Å². The van der Waals surface area contributed by atoms with Crippen LogP contribution in [0.25, 0.3) is 0 Å². The lowest BCUT2D eigenvalue weighted by Crippen LogP contribution is -2.31. The van der Waals surface area contributed by atoms with Gasteiger partial charge in [0.05, 0.1) is 0 Å². The predicted octanol–water partition coefficient (Wildman–Crippen LogP) is 3.71. The van der Waals surface area contributed by atoms with Crippen molar-refractivity contribution < 1.29 is 0 Å². The first-order chi connectivity index (χ1) is 9.21. The van der Waals surface area contributed by atoms with Crippen LogP contribution in [0.2, 0.25) is 0 Å². The highest BCUT2D eigenvalue weighted by Crippen LogP contribution is 2.17. The van der Waals surface area contributed by atoms with Crippen molar-refractivity contribution in [2.24, 2.45) is 5.92 Å². The Bertz CT molecular complexity index is 323. The van der Waals surface area contributed by atoms with Crippen LogP contribution in [0.1, 0.15) is 45.2 Å². The summed E-state index contributed by atoms with van der Waals surface area (Å²) in [6, 6.07) is 11.2. The lowest BCUT2D eigenvalue weighted by molar-refractivity contribution is 0.234. The molecule has 0 bridgehead atoms. The minimum atomic E-state index is 0.465. The highest BCUT2D eigenvalue weighted by atomic mass is 15.1. The fourth-order valence-corrected chi connectivity index (χ4v) is 2.42. The molecule has 0 radical (unpaired) electrons. The molecule has 0 aliphatic carbocycles. The molecule has 0 heterocycles. The molecule has 1 rings (SSSR count). The fourth-order valence-electron chi connectivity index (χ4n) is 2.42. The lowest BCUT2D eigenvalue weighted by Gasteiger charge is -2.26. The zero-order valence-corrected chi connectivity index (χ0v) is 13.0. The van der Waals surface area contributed by atoms with Gasteiger partial charge in [0.2, 0.25) is 0 Å². The zero-order chi connectivity index (χ0) is 14.1. The van der Waals surface area contributed by atoms with E-state index in [0.717, 1.165) is 12.5 Å². The summed E-state index contributed by atoms with van der Waals surface area (Å²) in [6.45, 7) is 10.4. The van der Waals surface area contributed by atoms with E-state index in [-0.39, 0.29) is 0 Å². The van der Waals surface area contributed by atoms with Crippen LogP contribution < -0.4 is 5.32 Å². The van der Waals surface area contributed by atoms with Crippen LogP contribution >= 0.6 is 0 Å². The molecule has 0 saturated heterocycles. The summed E-state index contributed by atoms with van der Waals surface area (Å²) in [5.74, 6) is 0.796. The van der Waals surface area contributed by atoms with Gasteiger partial charge in [-0.25, -0.2) is 0 Å². The van der Waals surface area contributed by atoms with Crippen LogP contribution in [0.4, 0.5) is 0 Å². The lowest BCUT2D eigenvalue weighted by atomic mass is 10.0. The van der Waals surface area contributed by atoms with Crippen LogP contribution in [0.15, 0.2) is 30.3 Å². The van der Waals surface area contributed by atoms with Gasteiger partial charge in [-0.3, -0.25) is 0 Å². The Morgan fingerprint density at radius 3 is 2.37 bits per heavy atom. The van der Waals surface area contributed by atoms with Crippen LogP contribution in [-0.4, -0.2) is 31.6 Å². The Kier molecular flexibility index (Phi) is 7.76. The summed E-state index contributed by atoms with van der Waals surface area (Å²) in [7, 11) is 2.06. The Balaban J connectivity index is 2.48. The van der Waals surface area contributed by atoms with Crippen molar-refractivity contribution >= 4 is 0 Å². The summed E-state index contributed by atoms with van der Waals surface area (Å²) in [4.78, 5) is 2.57. The molecule has 0 saturated carbocycles. The zero-order valence-electron chi connectivity index (χ0n) is 13.0. The van der Waals surface area contributed by atoms with Gasteiger partial charge in [-0.2, -0.15) is 0 Å². The monoisotopic (exact) mass is 262 g/mol. The van der Waals surface area contributed by atoms with Gasteiger partial charge in [0.1, 0.15) is 0 Å². The molecule has 0 aliphatic rings. The van der Waals surface area contributed by atoms with E-state index in [1.54, 1.807) is 0 Å². The summed E-state index contributed by atoms with van der Waals surface area (Å²) in [6.07, 6.45) is 2.44. The smallest absolute Gasteiger partial charge is 0.0329 e. The molecule has 2 unspecified atom stereocenters. The molecule has 19 heavy (non-hydrogen) atoms. The van der Waals surface area contributed by atoms with E-state index in [9.17, 15) is 0 Å². The molecular formula is C17H30N2. The second-order valence-electron chi connectivity index (χ2n) is 5.45. The molecule has 0 spiro atoms. The number of nitrogens with zero attached hydrogens (tertiary/aromatic N) is 1. The molecule has 108 valence electrons. The number of benzene rings is 1. The van der Waals surface area contributed by atoms with Gasteiger partial charge in [0.25, 0.3) is 0 Å². The first-order valence-electron chi connectivity index (χ1n) is 7.65. The molecule has 0 aromatic heterocycles. The SMILES string of the molecule is CCC(C)CN(CC)CCC(NC)c1ccccc1. The van der Waals surface area contributed by atoms with Gasteiger partial charge in [-0.05, 0) is 38.0 Å². The second-order valence-corrected chi connectivity index (χ2v) is 5.45. The van der Waals surface area contributed by atoms with Crippen LogP contribution in [0.5, 0.6) is 0 Å². The van der Waals surface area contributed by atoms with Gasteiger partial charge in [0, 0.05) is 12.6 Å². The second kappa shape index (κ2) is 9.11. The van der Waals surface area contributed by atoms with Gasteiger partial charge < -0.3 is 10.2 Å². The molecule has 0 aliphatic heterocycles. The maximum Gasteiger partial charge on any atom is 0.0329 e. The summed E-state index contributed by atoms with van der Waals surface area (Å²) in [5.41, 5.74) is 1.39.